The van der Waals surface area contributed by atoms with E-state index in [2.05, 4.69) is 31.2 Å². The van der Waals surface area contributed by atoms with Crippen LogP contribution in [-0.2, 0) is 4.79 Å². The van der Waals surface area contributed by atoms with E-state index >= 15 is 0 Å². The first-order valence-corrected chi connectivity index (χ1v) is 8.57. The molecule has 3 nitrogen and oxygen atoms in total. The third kappa shape index (κ3) is 2.39. The van der Waals surface area contributed by atoms with Crippen LogP contribution in [0.5, 0.6) is 5.75 Å². The summed E-state index contributed by atoms with van der Waals surface area (Å²) in [6, 6.07) is 8.08. The van der Waals surface area contributed by atoms with Crippen molar-refractivity contribution in [3.05, 3.63) is 53.6 Å². The maximum Gasteiger partial charge on any atom is 0.230 e. The van der Waals surface area contributed by atoms with Gasteiger partial charge in [0, 0.05) is 19.2 Å². The van der Waals surface area contributed by atoms with Crippen LogP contribution in [-0.4, -0.2) is 30.5 Å². The molecule has 0 radical (unpaired) electrons. The predicted molar refractivity (Wildman–Crippen MR) is 90.3 cm³/mol. The summed E-state index contributed by atoms with van der Waals surface area (Å²) in [5, 5.41) is 0. The van der Waals surface area contributed by atoms with Gasteiger partial charge in [-0.25, -0.2) is 0 Å². The molecule has 120 valence electrons. The SMILES string of the molecule is CCC1=CC2CC(C=C1)Oc1ccccc1C1C(=O)N(C)CC21. The fourth-order valence-electron chi connectivity index (χ4n) is 4.28. The van der Waals surface area contributed by atoms with Crippen LogP contribution >= 0.6 is 0 Å². The van der Waals surface area contributed by atoms with Gasteiger partial charge in [-0.1, -0.05) is 42.8 Å². The molecule has 2 aliphatic heterocycles. The molecule has 1 amide bonds. The predicted octanol–water partition coefficient (Wildman–Crippen LogP) is 3.53. The average Bonchev–Trinajstić information content (AvgIpc) is 2.73. The van der Waals surface area contributed by atoms with Gasteiger partial charge in [0.05, 0.1) is 5.92 Å². The zero-order chi connectivity index (χ0) is 16.0. The van der Waals surface area contributed by atoms with Crippen molar-refractivity contribution in [2.24, 2.45) is 11.8 Å². The number of fused-ring (bicyclic) bond motifs is 6. The van der Waals surface area contributed by atoms with Crippen LogP contribution in [0.4, 0.5) is 0 Å². The lowest BCUT2D eigenvalue weighted by molar-refractivity contribution is -0.128. The highest BCUT2D eigenvalue weighted by Crippen LogP contribution is 2.46. The molecule has 1 aromatic carbocycles. The molecule has 4 unspecified atom stereocenters. The van der Waals surface area contributed by atoms with Crippen LogP contribution in [0.2, 0.25) is 0 Å². The number of hydrogen-bond donors (Lipinski definition) is 0. The molecule has 1 saturated heterocycles. The van der Waals surface area contributed by atoms with Crippen molar-refractivity contribution in [2.75, 3.05) is 13.6 Å². The summed E-state index contributed by atoms with van der Waals surface area (Å²) in [6.07, 6.45) is 8.84. The molecule has 4 atom stereocenters. The Morgan fingerprint density at radius 1 is 1.30 bits per heavy atom. The standard InChI is InChI=1S/C20H23NO2/c1-3-13-8-9-15-11-14(10-13)17-12-21(2)20(22)19(17)16-6-4-5-7-18(16)23-15/h4-10,14-15,17,19H,3,11-12H2,1-2H3. The van der Waals surface area contributed by atoms with Gasteiger partial charge in [0.1, 0.15) is 11.9 Å². The Bertz CT molecular complexity index is 691. The maximum atomic E-state index is 12.8. The van der Waals surface area contributed by atoms with Gasteiger partial charge in [0.2, 0.25) is 5.91 Å². The molecule has 1 fully saturated rings. The molecular weight excluding hydrogens is 286 g/mol. The average molecular weight is 309 g/mol. The summed E-state index contributed by atoms with van der Waals surface area (Å²) in [4.78, 5) is 14.7. The lowest BCUT2D eigenvalue weighted by atomic mass is 9.76. The molecule has 1 aromatic rings. The normalized spacial score (nSPS) is 32.2. The number of carbonyl (C=O) groups excluding carboxylic acids is 1. The van der Waals surface area contributed by atoms with Crippen molar-refractivity contribution in [3.8, 4) is 5.75 Å². The molecule has 1 aliphatic carbocycles. The molecule has 0 N–H and O–H groups in total. The fraction of sp³-hybridized carbons (Fsp3) is 0.450. The van der Waals surface area contributed by atoms with Crippen LogP contribution < -0.4 is 4.74 Å². The van der Waals surface area contributed by atoms with Gasteiger partial charge in [0.25, 0.3) is 0 Å². The van der Waals surface area contributed by atoms with E-state index in [1.54, 1.807) is 0 Å². The molecule has 2 bridgehead atoms. The summed E-state index contributed by atoms with van der Waals surface area (Å²) in [5.41, 5.74) is 2.41. The van der Waals surface area contributed by atoms with E-state index in [4.69, 9.17) is 4.74 Å². The first-order chi connectivity index (χ1) is 11.2. The number of likely N-dealkylation sites (tertiary alicyclic amines) is 1. The number of carbonyl (C=O) groups is 1. The van der Waals surface area contributed by atoms with E-state index in [0.29, 0.717) is 11.8 Å². The topological polar surface area (TPSA) is 29.5 Å². The number of allylic oxidation sites excluding steroid dienone is 3. The van der Waals surface area contributed by atoms with Crippen molar-refractivity contribution in [3.63, 3.8) is 0 Å². The van der Waals surface area contributed by atoms with Gasteiger partial charge < -0.3 is 9.64 Å². The number of rotatable bonds is 1. The van der Waals surface area contributed by atoms with Gasteiger partial charge in [-0.2, -0.15) is 0 Å². The number of para-hydroxylation sites is 1. The maximum absolute atomic E-state index is 12.8. The second-order valence-corrected chi connectivity index (χ2v) is 6.91. The summed E-state index contributed by atoms with van der Waals surface area (Å²) in [7, 11) is 1.92. The largest absolute Gasteiger partial charge is 0.486 e. The number of likely N-dealkylation sites (N-methyl/N-ethyl adjacent to an activating group) is 1. The summed E-state index contributed by atoms with van der Waals surface area (Å²) in [5.74, 6) is 1.75. The van der Waals surface area contributed by atoms with Crippen molar-refractivity contribution >= 4 is 5.91 Å². The van der Waals surface area contributed by atoms with E-state index in [1.165, 1.54) is 5.57 Å². The van der Waals surface area contributed by atoms with Gasteiger partial charge in [-0.15, -0.1) is 0 Å². The third-order valence-corrected chi connectivity index (χ3v) is 5.50. The van der Waals surface area contributed by atoms with Crippen LogP contribution in [0.15, 0.2) is 48.1 Å². The van der Waals surface area contributed by atoms with E-state index < -0.39 is 0 Å². The second kappa shape index (κ2) is 5.55. The third-order valence-electron chi connectivity index (χ3n) is 5.50. The Kier molecular flexibility index (Phi) is 3.51. The van der Waals surface area contributed by atoms with Crippen LogP contribution in [0.1, 0.15) is 31.2 Å². The monoisotopic (exact) mass is 309 g/mol. The van der Waals surface area contributed by atoms with E-state index in [-0.39, 0.29) is 17.9 Å². The minimum absolute atomic E-state index is 0.0744. The second-order valence-electron chi connectivity index (χ2n) is 6.91. The van der Waals surface area contributed by atoms with Crippen molar-refractivity contribution < 1.29 is 9.53 Å². The lowest BCUT2D eigenvalue weighted by Crippen LogP contribution is -2.29. The first-order valence-electron chi connectivity index (χ1n) is 8.57. The smallest absolute Gasteiger partial charge is 0.230 e. The summed E-state index contributed by atoms with van der Waals surface area (Å²) < 4.78 is 6.28. The minimum Gasteiger partial charge on any atom is -0.486 e. The number of ether oxygens (including phenoxy) is 1. The molecular formula is C20H23NO2. The molecule has 4 rings (SSSR count). The van der Waals surface area contributed by atoms with Crippen molar-refractivity contribution in [1.29, 1.82) is 0 Å². The van der Waals surface area contributed by atoms with Crippen LogP contribution in [0, 0.1) is 11.8 Å². The van der Waals surface area contributed by atoms with Gasteiger partial charge in [-0.05, 0) is 36.8 Å². The molecule has 0 spiro atoms. The Balaban J connectivity index is 1.85. The highest BCUT2D eigenvalue weighted by molar-refractivity contribution is 5.87. The van der Waals surface area contributed by atoms with Crippen molar-refractivity contribution in [2.45, 2.75) is 31.8 Å². The van der Waals surface area contributed by atoms with Crippen LogP contribution in [0.25, 0.3) is 0 Å². The van der Waals surface area contributed by atoms with Crippen molar-refractivity contribution in [1.82, 2.24) is 4.90 Å². The van der Waals surface area contributed by atoms with E-state index in [0.717, 1.165) is 30.7 Å². The molecule has 0 saturated carbocycles. The quantitative estimate of drug-likeness (QED) is 0.794. The zero-order valence-corrected chi connectivity index (χ0v) is 13.7. The highest BCUT2D eigenvalue weighted by Gasteiger charge is 2.46. The number of benzene rings is 1. The number of nitrogens with zero attached hydrogens (tertiary/aromatic N) is 1. The number of hydrogen-bond acceptors (Lipinski definition) is 2. The van der Waals surface area contributed by atoms with E-state index in [9.17, 15) is 4.79 Å². The minimum atomic E-state index is -0.0744. The van der Waals surface area contributed by atoms with Gasteiger partial charge in [0.15, 0.2) is 0 Å². The molecule has 2 heterocycles. The fourth-order valence-corrected chi connectivity index (χ4v) is 4.28. The van der Waals surface area contributed by atoms with Gasteiger partial charge in [-0.3, -0.25) is 4.79 Å². The molecule has 0 aromatic heterocycles. The molecule has 3 heteroatoms. The molecule has 23 heavy (non-hydrogen) atoms. The zero-order valence-electron chi connectivity index (χ0n) is 13.7. The first kappa shape index (κ1) is 14.6. The Morgan fingerprint density at radius 2 is 2.13 bits per heavy atom. The highest BCUT2D eigenvalue weighted by atomic mass is 16.5. The van der Waals surface area contributed by atoms with E-state index in [1.807, 2.05) is 30.1 Å². The molecule has 3 aliphatic rings. The van der Waals surface area contributed by atoms with Gasteiger partial charge >= 0.3 is 0 Å². The Hall–Kier alpha value is -2.03. The van der Waals surface area contributed by atoms with Crippen LogP contribution in [0.3, 0.4) is 0 Å². The summed E-state index contributed by atoms with van der Waals surface area (Å²) in [6.45, 7) is 3.02. The lowest BCUT2D eigenvalue weighted by Gasteiger charge is -2.31. The number of amides is 1. The summed E-state index contributed by atoms with van der Waals surface area (Å²) >= 11 is 0. The Morgan fingerprint density at radius 3 is 2.96 bits per heavy atom. The Labute approximate surface area is 137 Å².